The first kappa shape index (κ1) is 60.1. The maximum Gasteiger partial charge on any atom is 0.472 e. The molecule has 4 atom stereocenters. The lowest BCUT2D eigenvalue weighted by molar-refractivity contribution is -0.161. The summed E-state index contributed by atoms with van der Waals surface area (Å²) >= 11 is 0. The van der Waals surface area contributed by atoms with Gasteiger partial charge in [-0.2, -0.15) is 0 Å². The van der Waals surface area contributed by atoms with Crippen molar-refractivity contribution in [2.75, 3.05) is 19.8 Å². The smallest absolute Gasteiger partial charge is 0.472 e. The van der Waals surface area contributed by atoms with Gasteiger partial charge in [0.1, 0.15) is 12.6 Å². The lowest BCUT2D eigenvalue weighted by Gasteiger charge is -2.20. The molecule has 0 amide bonds. The van der Waals surface area contributed by atoms with E-state index in [9.17, 15) is 28.9 Å². The molecule has 12 nitrogen and oxygen atoms in total. The number of aliphatic carboxylic acids is 1. The van der Waals surface area contributed by atoms with Crippen molar-refractivity contribution in [1.29, 1.82) is 0 Å². The Balaban J connectivity index is 4.42. The molecule has 0 bridgehead atoms. The molecule has 0 fully saturated rings. The number of aliphatic hydroxyl groups is 1. The minimum Gasteiger partial charge on any atom is -0.480 e. The summed E-state index contributed by atoms with van der Waals surface area (Å²) in [6.07, 6.45) is 48.9. The Bertz CT molecular complexity index is 1310. The van der Waals surface area contributed by atoms with Gasteiger partial charge in [0, 0.05) is 12.8 Å². The lowest BCUT2D eigenvalue weighted by Crippen LogP contribution is -2.34. The standard InChI is InChI=1S/C50H88NO11P/c1-3-5-7-9-11-13-15-17-18-19-20-21-22-23-24-26-28-30-32-34-36-40-49(54)62-46(43-60-63(57,58)61-44-47(51)50(55)56)42-59-48(53)41-37-39-45(52)38-35-33-31-29-27-25-16-14-12-10-8-6-4-2/h6,8,12,14,25,27,31,33,35,38,45-47,52H,3-5,7,9-11,13,15-24,26,28-30,32,34,36-37,39-44,51H2,1-2H3,(H,55,56)(H,57,58)/b8-6-,14-12-,27-25-,33-31-,38-35+/t45?,46-,47+/m1/s1. The fraction of sp³-hybridized carbons (Fsp3) is 0.740. The first-order chi connectivity index (χ1) is 30.5. The number of hydrogen-bond acceptors (Lipinski definition) is 10. The van der Waals surface area contributed by atoms with Gasteiger partial charge in [0.2, 0.25) is 0 Å². The molecule has 0 aliphatic rings. The molecule has 0 aromatic carbocycles. The van der Waals surface area contributed by atoms with Crippen LogP contribution in [0.1, 0.15) is 200 Å². The number of ether oxygens (including phenoxy) is 2. The zero-order chi connectivity index (χ0) is 46.5. The van der Waals surface area contributed by atoms with E-state index in [1.165, 1.54) is 109 Å². The molecule has 0 aromatic rings. The van der Waals surface area contributed by atoms with Gasteiger partial charge in [-0.1, -0.05) is 203 Å². The van der Waals surface area contributed by atoms with Gasteiger partial charge in [0.05, 0.1) is 19.3 Å². The van der Waals surface area contributed by atoms with Crippen LogP contribution >= 0.6 is 7.82 Å². The van der Waals surface area contributed by atoms with Gasteiger partial charge in [-0.3, -0.25) is 23.4 Å². The third-order valence-corrected chi connectivity index (χ3v) is 11.3. The van der Waals surface area contributed by atoms with E-state index in [1.807, 2.05) is 12.2 Å². The van der Waals surface area contributed by atoms with Crippen LogP contribution in [0.3, 0.4) is 0 Å². The van der Waals surface area contributed by atoms with Gasteiger partial charge in [0.25, 0.3) is 0 Å². The molecule has 0 saturated heterocycles. The number of unbranched alkanes of at least 4 members (excludes halogenated alkanes) is 20. The van der Waals surface area contributed by atoms with E-state index in [-0.39, 0.29) is 12.8 Å². The fourth-order valence-electron chi connectivity index (χ4n) is 6.57. The van der Waals surface area contributed by atoms with Gasteiger partial charge in [0.15, 0.2) is 6.10 Å². The molecule has 2 unspecified atom stereocenters. The molecule has 0 rings (SSSR count). The van der Waals surface area contributed by atoms with Crippen molar-refractivity contribution in [3.05, 3.63) is 60.8 Å². The number of esters is 2. The van der Waals surface area contributed by atoms with Crippen LogP contribution < -0.4 is 5.73 Å². The molecule has 0 aliphatic carbocycles. The molecule has 0 heterocycles. The number of hydrogen-bond donors (Lipinski definition) is 4. The number of carboxylic acids is 1. The molecular weight excluding hydrogens is 822 g/mol. The number of carbonyl (C=O) groups excluding carboxylic acids is 2. The van der Waals surface area contributed by atoms with Crippen molar-refractivity contribution in [1.82, 2.24) is 0 Å². The summed E-state index contributed by atoms with van der Waals surface area (Å²) in [6, 6.07) is -1.55. The van der Waals surface area contributed by atoms with Crippen LogP contribution in [0.5, 0.6) is 0 Å². The number of phosphoric acid groups is 1. The van der Waals surface area contributed by atoms with Gasteiger partial charge in [-0.25, -0.2) is 4.57 Å². The number of rotatable bonds is 45. The van der Waals surface area contributed by atoms with E-state index in [1.54, 1.807) is 12.2 Å². The summed E-state index contributed by atoms with van der Waals surface area (Å²) in [4.78, 5) is 46.1. The Morgan fingerprint density at radius 2 is 1.02 bits per heavy atom. The first-order valence-electron chi connectivity index (χ1n) is 24.4. The van der Waals surface area contributed by atoms with E-state index >= 15 is 0 Å². The summed E-state index contributed by atoms with van der Waals surface area (Å²) in [5, 5.41) is 19.2. The van der Waals surface area contributed by atoms with Crippen LogP contribution in [0.15, 0.2) is 60.8 Å². The van der Waals surface area contributed by atoms with Gasteiger partial charge >= 0.3 is 25.7 Å². The van der Waals surface area contributed by atoms with Crippen molar-refractivity contribution in [2.45, 2.75) is 218 Å². The highest BCUT2D eigenvalue weighted by Gasteiger charge is 2.28. The number of allylic oxidation sites excluding steroid dienone is 9. The maximum atomic E-state index is 12.7. The van der Waals surface area contributed by atoms with Crippen LogP contribution in [0, 0.1) is 0 Å². The van der Waals surface area contributed by atoms with Crippen molar-refractivity contribution >= 4 is 25.7 Å². The highest BCUT2D eigenvalue weighted by molar-refractivity contribution is 7.47. The third kappa shape index (κ3) is 44.1. The molecule has 0 aromatic heterocycles. The van der Waals surface area contributed by atoms with Crippen molar-refractivity contribution in [2.24, 2.45) is 5.73 Å². The van der Waals surface area contributed by atoms with Gasteiger partial charge < -0.3 is 30.3 Å². The van der Waals surface area contributed by atoms with E-state index in [0.29, 0.717) is 19.3 Å². The second-order valence-corrected chi connectivity index (χ2v) is 17.9. The molecule has 0 spiro atoms. The molecule has 0 aliphatic heterocycles. The van der Waals surface area contributed by atoms with E-state index in [2.05, 4.69) is 54.8 Å². The van der Waals surface area contributed by atoms with E-state index in [0.717, 1.165) is 44.9 Å². The summed E-state index contributed by atoms with van der Waals surface area (Å²) in [5.74, 6) is -2.60. The van der Waals surface area contributed by atoms with Gasteiger partial charge in [-0.05, 0) is 44.9 Å². The first-order valence-corrected chi connectivity index (χ1v) is 25.9. The van der Waals surface area contributed by atoms with Crippen molar-refractivity contribution in [3.8, 4) is 0 Å². The number of carboxylic acid groups (broad SMARTS) is 1. The minimum absolute atomic E-state index is 0.00941. The number of aliphatic hydroxyl groups excluding tert-OH is 1. The molecule has 63 heavy (non-hydrogen) atoms. The quantitative estimate of drug-likeness (QED) is 0.0149. The van der Waals surface area contributed by atoms with E-state index in [4.69, 9.17) is 24.8 Å². The van der Waals surface area contributed by atoms with Crippen LogP contribution in [0.4, 0.5) is 0 Å². The summed E-state index contributed by atoms with van der Waals surface area (Å²) in [6.45, 7) is 2.51. The second-order valence-electron chi connectivity index (χ2n) is 16.4. The Morgan fingerprint density at radius 1 is 0.571 bits per heavy atom. The molecular formula is C50H88NO11P. The second kappa shape index (κ2) is 44.3. The zero-order valence-electron chi connectivity index (χ0n) is 39.3. The molecule has 0 radical (unpaired) electrons. The SMILES string of the molecule is CC/C=C\C/C=C\C/C=C\C/C=C\C=C\C(O)CCCC(=O)OC[C@H](COP(=O)(O)OC[C@H](N)C(=O)O)OC(=O)CCCCCCCCCCCCCCCCCCCCCCC. The molecule has 364 valence electrons. The molecule has 5 N–H and O–H groups in total. The summed E-state index contributed by atoms with van der Waals surface area (Å²) < 4.78 is 32.7. The average Bonchev–Trinajstić information content (AvgIpc) is 3.25. The Labute approximate surface area is 381 Å². The minimum atomic E-state index is -4.77. The number of carbonyl (C=O) groups is 3. The predicted octanol–water partition coefficient (Wildman–Crippen LogP) is 12.5. The highest BCUT2D eigenvalue weighted by atomic mass is 31.2. The van der Waals surface area contributed by atoms with Crippen LogP contribution in [-0.4, -0.2) is 71.1 Å². The largest absolute Gasteiger partial charge is 0.480 e. The summed E-state index contributed by atoms with van der Waals surface area (Å²) in [7, 11) is -4.77. The van der Waals surface area contributed by atoms with E-state index < -0.39 is 63.8 Å². The zero-order valence-corrected chi connectivity index (χ0v) is 40.2. The monoisotopic (exact) mass is 910 g/mol. The Hall–Kier alpha value is -2.86. The maximum absolute atomic E-state index is 12.7. The van der Waals surface area contributed by atoms with Crippen LogP contribution in [0.2, 0.25) is 0 Å². The predicted molar refractivity (Wildman–Crippen MR) is 255 cm³/mol. The van der Waals surface area contributed by atoms with Crippen molar-refractivity contribution in [3.63, 3.8) is 0 Å². The molecule has 13 heteroatoms. The Kier molecular flexibility index (Phi) is 42.3. The van der Waals surface area contributed by atoms with Gasteiger partial charge in [-0.15, -0.1) is 0 Å². The molecule has 0 saturated carbocycles. The third-order valence-electron chi connectivity index (χ3n) is 10.4. The van der Waals surface area contributed by atoms with Crippen molar-refractivity contribution < 1.29 is 52.6 Å². The Morgan fingerprint density at radius 3 is 1.51 bits per heavy atom. The topological polar surface area (TPSA) is 192 Å². The highest BCUT2D eigenvalue weighted by Crippen LogP contribution is 2.43. The average molecular weight is 910 g/mol. The number of nitrogens with two attached hydrogens (primary N) is 1. The lowest BCUT2D eigenvalue weighted by atomic mass is 10.0. The summed E-state index contributed by atoms with van der Waals surface area (Å²) in [5.41, 5.74) is 5.34. The fourth-order valence-corrected chi connectivity index (χ4v) is 7.34. The van der Waals surface area contributed by atoms with Crippen LogP contribution in [0.25, 0.3) is 0 Å². The van der Waals surface area contributed by atoms with Crippen LogP contribution in [-0.2, 0) is 37.5 Å². The number of phosphoric ester groups is 1. The normalized spacial score (nSPS) is 14.6.